The zero-order valence-electron chi connectivity index (χ0n) is 8.50. The van der Waals surface area contributed by atoms with E-state index in [1.165, 1.54) is 5.57 Å². The monoisotopic (exact) mass is 207 g/mol. The molecule has 1 N–H and O–H groups in total. The number of alkyl halides is 1. The number of hydrogen-bond donors (Lipinski definition) is 1. The second-order valence-corrected chi connectivity index (χ2v) is 3.43. The first kappa shape index (κ1) is 10.2. The highest BCUT2D eigenvalue weighted by Gasteiger charge is 2.10. The quantitative estimate of drug-likeness (QED) is 0.821. The Morgan fingerprint density at radius 1 is 1.33 bits per heavy atom. The molecule has 1 heterocycles. The van der Waals surface area contributed by atoms with E-state index in [0.29, 0.717) is 5.75 Å². The Bertz CT molecular complexity index is 362. The number of para-hydroxylation sites is 1. The van der Waals surface area contributed by atoms with Crippen LogP contribution in [0, 0.1) is 0 Å². The van der Waals surface area contributed by atoms with E-state index < -0.39 is 6.86 Å². The third kappa shape index (κ3) is 2.36. The number of hydrogen-bond acceptors (Lipinski definition) is 2. The number of nitrogens with one attached hydrogen (secondary N) is 1. The second kappa shape index (κ2) is 4.94. The van der Waals surface area contributed by atoms with Crippen LogP contribution in [0.25, 0.3) is 5.57 Å². The van der Waals surface area contributed by atoms with E-state index in [-0.39, 0.29) is 0 Å². The van der Waals surface area contributed by atoms with Crippen molar-refractivity contribution in [2.24, 2.45) is 0 Å². The van der Waals surface area contributed by atoms with Gasteiger partial charge in [-0.1, -0.05) is 24.3 Å². The van der Waals surface area contributed by atoms with Crippen molar-refractivity contribution in [1.29, 1.82) is 0 Å². The van der Waals surface area contributed by atoms with Crippen molar-refractivity contribution in [3.8, 4) is 5.75 Å². The summed E-state index contributed by atoms with van der Waals surface area (Å²) in [5, 5.41) is 3.24. The third-order valence-electron chi connectivity index (χ3n) is 2.51. The highest BCUT2D eigenvalue weighted by atomic mass is 19.1. The summed E-state index contributed by atoms with van der Waals surface area (Å²) in [5.74, 6) is 0.633. The van der Waals surface area contributed by atoms with Gasteiger partial charge < -0.3 is 10.1 Å². The van der Waals surface area contributed by atoms with Gasteiger partial charge in [0, 0.05) is 12.1 Å². The molecule has 0 spiro atoms. The van der Waals surface area contributed by atoms with Crippen molar-refractivity contribution in [2.75, 3.05) is 20.0 Å². The molecule has 2 rings (SSSR count). The van der Waals surface area contributed by atoms with Crippen LogP contribution in [0.15, 0.2) is 30.3 Å². The molecule has 0 fully saturated rings. The Labute approximate surface area is 88.8 Å². The normalized spacial score (nSPS) is 15.9. The summed E-state index contributed by atoms with van der Waals surface area (Å²) in [4.78, 5) is 0. The molecule has 3 heteroatoms. The predicted molar refractivity (Wildman–Crippen MR) is 58.5 cm³/mol. The van der Waals surface area contributed by atoms with Gasteiger partial charge in [0.2, 0.25) is 6.86 Å². The summed E-state index contributed by atoms with van der Waals surface area (Å²) >= 11 is 0. The first-order chi connectivity index (χ1) is 7.42. The first-order valence-corrected chi connectivity index (χ1v) is 5.09. The van der Waals surface area contributed by atoms with E-state index in [0.717, 1.165) is 25.1 Å². The lowest BCUT2D eigenvalue weighted by molar-refractivity contribution is 0.191. The summed E-state index contributed by atoms with van der Waals surface area (Å²) in [7, 11) is 0. The lowest BCUT2D eigenvalue weighted by atomic mass is 9.99. The third-order valence-corrected chi connectivity index (χ3v) is 2.51. The number of halogens is 1. The van der Waals surface area contributed by atoms with E-state index in [1.54, 1.807) is 6.07 Å². The van der Waals surface area contributed by atoms with E-state index in [2.05, 4.69) is 11.4 Å². The van der Waals surface area contributed by atoms with Crippen LogP contribution >= 0.6 is 0 Å². The van der Waals surface area contributed by atoms with Crippen LogP contribution in [0.4, 0.5) is 4.39 Å². The zero-order chi connectivity index (χ0) is 10.5. The average Bonchev–Trinajstić information content (AvgIpc) is 2.31. The van der Waals surface area contributed by atoms with Crippen molar-refractivity contribution in [3.05, 3.63) is 35.9 Å². The molecule has 1 aromatic carbocycles. The summed E-state index contributed by atoms with van der Waals surface area (Å²) in [6.07, 6.45) is 3.09. The molecule has 15 heavy (non-hydrogen) atoms. The SMILES string of the molecule is FCOc1ccccc1C1=CCNCC1. The van der Waals surface area contributed by atoms with Crippen molar-refractivity contribution in [2.45, 2.75) is 6.42 Å². The molecule has 0 aromatic heterocycles. The second-order valence-electron chi connectivity index (χ2n) is 3.43. The van der Waals surface area contributed by atoms with Crippen LogP contribution in [0.2, 0.25) is 0 Å². The van der Waals surface area contributed by atoms with Crippen molar-refractivity contribution >= 4 is 5.57 Å². The van der Waals surface area contributed by atoms with Crippen LogP contribution < -0.4 is 10.1 Å². The fraction of sp³-hybridized carbons (Fsp3) is 0.333. The molecule has 0 bridgehead atoms. The summed E-state index contributed by atoms with van der Waals surface area (Å²) < 4.78 is 17.1. The molecule has 1 aliphatic heterocycles. The molecule has 0 saturated heterocycles. The summed E-state index contributed by atoms with van der Waals surface area (Å²) in [6.45, 7) is 1.07. The summed E-state index contributed by atoms with van der Waals surface area (Å²) in [6, 6.07) is 7.58. The van der Waals surface area contributed by atoms with Gasteiger partial charge in [0.25, 0.3) is 0 Å². The van der Waals surface area contributed by atoms with Crippen molar-refractivity contribution in [3.63, 3.8) is 0 Å². The minimum Gasteiger partial charge on any atom is -0.462 e. The van der Waals surface area contributed by atoms with E-state index in [1.807, 2.05) is 18.2 Å². The Morgan fingerprint density at radius 3 is 2.93 bits per heavy atom. The molecular formula is C12H14FNO. The topological polar surface area (TPSA) is 21.3 Å². The van der Waals surface area contributed by atoms with Gasteiger partial charge in [0.1, 0.15) is 5.75 Å². The lowest BCUT2D eigenvalue weighted by Crippen LogP contribution is -2.20. The molecule has 0 saturated carbocycles. The predicted octanol–water partition coefficient (Wildman–Crippen LogP) is 2.37. The number of rotatable bonds is 3. The molecule has 2 nitrogen and oxygen atoms in total. The van der Waals surface area contributed by atoms with E-state index in [9.17, 15) is 4.39 Å². The molecule has 0 radical (unpaired) electrons. The molecule has 0 atom stereocenters. The van der Waals surface area contributed by atoms with Crippen LogP contribution in [0.5, 0.6) is 5.75 Å². The number of benzene rings is 1. The fourth-order valence-corrected chi connectivity index (χ4v) is 1.78. The van der Waals surface area contributed by atoms with Gasteiger partial charge in [0.15, 0.2) is 0 Å². The Morgan fingerprint density at radius 2 is 2.20 bits per heavy atom. The van der Waals surface area contributed by atoms with Gasteiger partial charge in [-0.3, -0.25) is 0 Å². The highest BCUT2D eigenvalue weighted by molar-refractivity contribution is 5.71. The van der Waals surface area contributed by atoms with Crippen LogP contribution in [-0.2, 0) is 0 Å². The van der Waals surface area contributed by atoms with Crippen LogP contribution in [-0.4, -0.2) is 20.0 Å². The van der Waals surface area contributed by atoms with Crippen LogP contribution in [0.1, 0.15) is 12.0 Å². The highest BCUT2D eigenvalue weighted by Crippen LogP contribution is 2.28. The molecule has 0 aliphatic carbocycles. The molecular weight excluding hydrogens is 193 g/mol. The van der Waals surface area contributed by atoms with E-state index >= 15 is 0 Å². The number of ether oxygens (including phenoxy) is 1. The maximum atomic E-state index is 12.2. The largest absolute Gasteiger partial charge is 0.462 e. The zero-order valence-corrected chi connectivity index (χ0v) is 8.50. The van der Waals surface area contributed by atoms with Crippen LogP contribution in [0.3, 0.4) is 0 Å². The van der Waals surface area contributed by atoms with Crippen molar-refractivity contribution in [1.82, 2.24) is 5.32 Å². The van der Waals surface area contributed by atoms with Gasteiger partial charge >= 0.3 is 0 Å². The smallest absolute Gasteiger partial charge is 0.228 e. The van der Waals surface area contributed by atoms with Gasteiger partial charge in [-0.25, -0.2) is 4.39 Å². The average molecular weight is 207 g/mol. The Balaban J connectivity index is 2.29. The minimum absolute atomic E-state index is 0.633. The Kier molecular flexibility index (Phi) is 3.35. The maximum Gasteiger partial charge on any atom is 0.228 e. The van der Waals surface area contributed by atoms with Crippen molar-refractivity contribution < 1.29 is 9.13 Å². The lowest BCUT2D eigenvalue weighted by Gasteiger charge is -2.16. The molecule has 1 aromatic rings. The van der Waals surface area contributed by atoms with Gasteiger partial charge in [-0.15, -0.1) is 0 Å². The fourth-order valence-electron chi connectivity index (χ4n) is 1.78. The Hall–Kier alpha value is -1.35. The van der Waals surface area contributed by atoms with E-state index in [4.69, 9.17) is 4.74 Å². The molecule has 80 valence electrons. The van der Waals surface area contributed by atoms with Gasteiger partial charge in [-0.2, -0.15) is 0 Å². The molecule has 0 amide bonds. The minimum atomic E-state index is -0.775. The standard InChI is InChI=1S/C12H14FNO/c13-9-15-12-4-2-1-3-11(12)10-5-7-14-8-6-10/h1-5,14H,6-9H2. The molecule has 1 aliphatic rings. The first-order valence-electron chi connectivity index (χ1n) is 5.09. The molecule has 0 unspecified atom stereocenters. The van der Waals surface area contributed by atoms with Gasteiger partial charge in [-0.05, 0) is 24.6 Å². The maximum absolute atomic E-state index is 12.2. The van der Waals surface area contributed by atoms with Gasteiger partial charge in [0.05, 0.1) is 0 Å². The summed E-state index contributed by atoms with van der Waals surface area (Å²) in [5.41, 5.74) is 2.24.